The minimum absolute atomic E-state index is 0.0445. The maximum Gasteiger partial charge on any atom is 0.416 e. The second kappa shape index (κ2) is 8.90. The van der Waals surface area contributed by atoms with Crippen LogP contribution < -0.4 is 10.2 Å². The molecule has 0 spiro atoms. The van der Waals surface area contributed by atoms with Crippen LogP contribution in [-0.2, 0) is 6.18 Å². The number of aromatic nitrogens is 1. The van der Waals surface area contributed by atoms with Crippen molar-refractivity contribution in [3.8, 4) is 0 Å². The molecule has 1 aliphatic rings. The average Bonchev–Trinajstić information content (AvgIpc) is 3.10. The van der Waals surface area contributed by atoms with Gasteiger partial charge in [-0.25, -0.2) is 4.98 Å². The molecule has 0 saturated carbocycles. The molecule has 164 valence electrons. The molecule has 0 radical (unpaired) electrons. The first kappa shape index (κ1) is 23.1. The van der Waals surface area contributed by atoms with Gasteiger partial charge in [-0.1, -0.05) is 37.0 Å². The van der Waals surface area contributed by atoms with Gasteiger partial charge in [-0.2, -0.15) is 13.2 Å². The largest absolute Gasteiger partial charge is 0.416 e. The Morgan fingerprint density at radius 3 is 2.23 bits per heavy atom. The number of rotatable bonds is 4. The summed E-state index contributed by atoms with van der Waals surface area (Å²) in [7, 11) is 2.05. The third-order valence-electron chi connectivity index (χ3n) is 4.76. The van der Waals surface area contributed by atoms with E-state index in [0.717, 1.165) is 48.3 Å². The number of carbonyl (C=O) groups is 1. The molecule has 0 atom stereocenters. The summed E-state index contributed by atoms with van der Waals surface area (Å²) >= 11 is 13.4. The molecule has 1 amide bonds. The Balaban J connectivity index is 1.88. The molecule has 3 rings (SSSR count). The van der Waals surface area contributed by atoms with E-state index in [1.807, 2.05) is 13.8 Å². The number of thiazole rings is 1. The van der Waals surface area contributed by atoms with Gasteiger partial charge in [-0.05, 0) is 25.1 Å². The van der Waals surface area contributed by atoms with Gasteiger partial charge in [0.25, 0.3) is 5.91 Å². The lowest BCUT2D eigenvalue weighted by molar-refractivity contribution is -0.137. The zero-order chi connectivity index (χ0) is 22.2. The molecule has 11 heteroatoms. The number of nitrogens with one attached hydrogen (secondary N) is 1. The van der Waals surface area contributed by atoms with Crippen molar-refractivity contribution in [2.75, 3.05) is 43.4 Å². The number of nitrogens with zero attached hydrogens (tertiary/aromatic N) is 3. The first-order chi connectivity index (χ1) is 14.0. The molecule has 1 aromatic carbocycles. The van der Waals surface area contributed by atoms with Crippen molar-refractivity contribution >= 4 is 51.3 Å². The minimum Gasteiger partial charge on any atom is -0.346 e. The van der Waals surface area contributed by atoms with E-state index in [0.29, 0.717) is 0 Å². The number of benzene rings is 1. The molecule has 5 nitrogen and oxygen atoms in total. The van der Waals surface area contributed by atoms with E-state index in [2.05, 4.69) is 27.1 Å². The van der Waals surface area contributed by atoms with Crippen LogP contribution in [0.5, 0.6) is 0 Å². The standard InChI is InChI=1S/C19H21Cl2F3N4OS/c1-10(2)16-15(26-18(30-16)28-6-4-27(3)5-7-28)17(29)25-14-12(20)8-11(9-13(14)21)19(22,23)24/h8-10H,4-7H2,1-3H3,(H,25,29). The van der Waals surface area contributed by atoms with Crippen LogP contribution in [-0.4, -0.2) is 49.0 Å². The van der Waals surface area contributed by atoms with Crippen LogP contribution in [0.3, 0.4) is 0 Å². The zero-order valence-electron chi connectivity index (χ0n) is 16.6. The quantitative estimate of drug-likeness (QED) is 0.618. The van der Waals surface area contributed by atoms with Gasteiger partial charge in [-0.3, -0.25) is 4.79 Å². The summed E-state index contributed by atoms with van der Waals surface area (Å²) < 4.78 is 38.8. The highest BCUT2D eigenvalue weighted by Crippen LogP contribution is 2.39. The normalized spacial score (nSPS) is 15.7. The van der Waals surface area contributed by atoms with Gasteiger partial charge in [-0.15, -0.1) is 11.3 Å². The van der Waals surface area contributed by atoms with Crippen LogP contribution in [0.2, 0.25) is 10.0 Å². The lowest BCUT2D eigenvalue weighted by Crippen LogP contribution is -2.44. The molecule has 1 fully saturated rings. The van der Waals surface area contributed by atoms with Gasteiger partial charge in [0.05, 0.1) is 21.3 Å². The number of piperazine rings is 1. The summed E-state index contributed by atoms with van der Waals surface area (Å²) in [4.78, 5) is 22.6. The summed E-state index contributed by atoms with van der Waals surface area (Å²) in [6.45, 7) is 7.31. The van der Waals surface area contributed by atoms with Crippen molar-refractivity contribution in [3.05, 3.63) is 38.3 Å². The van der Waals surface area contributed by atoms with Crippen molar-refractivity contribution in [2.24, 2.45) is 0 Å². The van der Waals surface area contributed by atoms with Crippen LogP contribution in [0.4, 0.5) is 24.0 Å². The van der Waals surface area contributed by atoms with Crippen molar-refractivity contribution in [3.63, 3.8) is 0 Å². The molecule has 0 aliphatic carbocycles. The number of alkyl halides is 3. The van der Waals surface area contributed by atoms with Gasteiger partial charge in [0, 0.05) is 31.1 Å². The molecule has 2 aromatic rings. The van der Waals surface area contributed by atoms with Crippen molar-refractivity contribution in [1.82, 2.24) is 9.88 Å². The summed E-state index contributed by atoms with van der Waals surface area (Å²) in [6.07, 6.45) is -4.59. The second-order valence-electron chi connectivity index (χ2n) is 7.42. The van der Waals surface area contributed by atoms with E-state index in [-0.39, 0.29) is 27.3 Å². The van der Waals surface area contributed by atoms with Gasteiger partial charge < -0.3 is 15.1 Å². The third-order valence-corrected chi connectivity index (χ3v) is 6.78. The number of amides is 1. The van der Waals surface area contributed by atoms with Crippen molar-refractivity contribution in [2.45, 2.75) is 25.9 Å². The van der Waals surface area contributed by atoms with E-state index < -0.39 is 17.6 Å². The van der Waals surface area contributed by atoms with Crippen LogP contribution in [0.25, 0.3) is 0 Å². The lowest BCUT2D eigenvalue weighted by atomic mass is 10.1. The monoisotopic (exact) mass is 480 g/mol. The fraction of sp³-hybridized carbons (Fsp3) is 0.474. The van der Waals surface area contributed by atoms with Gasteiger partial charge in [0.1, 0.15) is 5.69 Å². The summed E-state index contributed by atoms with van der Waals surface area (Å²) in [5.41, 5.74) is -0.819. The first-order valence-electron chi connectivity index (χ1n) is 9.29. The van der Waals surface area contributed by atoms with Gasteiger partial charge >= 0.3 is 6.18 Å². The number of halogens is 5. The fourth-order valence-corrected chi connectivity index (χ4v) is 4.73. The molecule has 2 heterocycles. The van der Waals surface area contributed by atoms with Gasteiger partial charge in [0.2, 0.25) is 0 Å². The summed E-state index contributed by atoms with van der Waals surface area (Å²) in [6, 6.07) is 1.48. The number of carbonyl (C=O) groups excluding carboxylic acids is 1. The number of hydrogen-bond donors (Lipinski definition) is 1. The average molecular weight is 481 g/mol. The molecular formula is C19H21Cl2F3N4OS. The highest BCUT2D eigenvalue weighted by atomic mass is 35.5. The Morgan fingerprint density at radius 2 is 1.73 bits per heavy atom. The molecule has 1 N–H and O–H groups in total. The van der Waals surface area contributed by atoms with E-state index >= 15 is 0 Å². The molecule has 0 bridgehead atoms. The first-order valence-corrected chi connectivity index (χ1v) is 10.9. The molecular weight excluding hydrogens is 460 g/mol. The van der Waals surface area contributed by atoms with E-state index in [4.69, 9.17) is 23.2 Å². The Kier molecular flexibility index (Phi) is 6.86. The molecule has 1 aliphatic heterocycles. The number of likely N-dealkylation sites (N-methyl/N-ethyl adjacent to an activating group) is 1. The predicted molar refractivity (Wildman–Crippen MR) is 115 cm³/mol. The number of hydrogen-bond acceptors (Lipinski definition) is 5. The van der Waals surface area contributed by atoms with Crippen molar-refractivity contribution < 1.29 is 18.0 Å². The Hall–Kier alpha value is -1.55. The predicted octanol–water partition coefficient (Wildman–Crippen LogP) is 5.60. The summed E-state index contributed by atoms with van der Waals surface area (Å²) in [5, 5.41) is 2.71. The fourth-order valence-electron chi connectivity index (χ4n) is 3.04. The molecule has 1 saturated heterocycles. The smallest absolute Gasteiger partial charge is 0.346 e. The Labute approximate surface area is 186 Å². The minimum atomic E-state index is -4.59. The maximum absolute atomic E-state index is 12.9. The van der Waals surface area contributed by atoms with E-state index in [9.17, 15) is 18.0 Å². The van der Waals surface area contributed by atoms with Crippen LogP contribution in [0, 0.1) is 0 Å². The van der Waals surface area contributed by atoms with Crippen LogP contribution >= 0.6 is 34.5 Å². The van der Waals surface area contributed by atoms with Crippen LogP contribution in [0.15, 0.2) is 12.1 Å². The van der Waals surface area contributed by atoms with E-state index in [1.165, 1.54) is 11.3 Å². The Bertz CT molecular complexity index is 917. The summed E-state index contributed by atoms with van der Waals surface area (Å²) in [5.74, 6) is -0.512. The molecule has 0 unspecified atom stereocenters. The highest BCUT2D eigenvalue weighted by Gasteiger charge is 2.32. The zero-order valence-corrected chi connectivity index (χ0v) is 18.9. The number of anilines is 2. The van der Waals surface area contributed by atoms with E-state index in [1.54, 1.807) is 0 Å². The SMILES string of the molecule is CC(C)c1sc(N2CCN(C)CC2)nc1C(=O)Nc1c(Cl)cc(C(F)(F)F)cc1Cl. The Morgan fingerprint density at radius 1 is 1.17 bits per heavy atom. The maximum atomic E-state index is 12.9. The third kappa shape index (κ3) is 5.01. The second-order valence-corrected chi connectivity index (χ2v) is 9.24. The molecule has 30 heavy (non-hydrogen) atoms. The van der Waals surface area contributed by atoms with Crippen LogP contribution in [0.1, 0.15) is 40.7 Å². The molecule has 1 aromatic heterocycles. The highest BCUT2D eigenvalue weighted by molar-refractivity contribution is 7.16. The lowest BCUT2D eigenvalue weighted by Gasteiger charge is -2.32. The topological polar surface area (TPSA) is 48.5 Å². The van der Waals surface area contributed by atoms with Crippen molar-refractivity contribution in [1.29, 1.82) is 0 Å². The van der Waals surface area contributed by atoms with Gasteiger partial charge in [0.15, 0.2) is 5.13 Å².